The maximum absolute atomic E-state index is 12.2. The van der Waals surface area contributed by atoms with E-state index in [9.17, 15) is 4.79 Å². The number of amides is 1. The van der Waals surface area contributed by atoms with Crippen LogP contribution in [0.1, 0.15) is 11.1 Å². The quantitative estimate of drug-likeness (QED) is 0.733. The van der Waals surface area contributed by atoms with E-state index in [1.54, 1.807) is 19.4 Å². The fourth-order valence-electron chi connectivity index (χ4n) is 2.52. The van der Waals surface area contributed by atoms with E-state index in [1.807, 2.05) is 55.5 Å². The highest BCUT2D eigenvalue weighted by Crippen LogP contribution is 2.25. The third-order valence-corrected chi connectivity index (χ3v) is 3.69. The Kier molecular flexibility index (Phi) is 4.57. The predicted molar refractivity (Wildman–Crippen MR) is 97.1 cm³/mol. The summed E-state index contributed by atoms with van der Waals surface area (Å²) in [5.74, 6) is 0.418. The zero-order valence-corrected chi connectivity index (χ0v) is 13.6. The number of para-hydroxylation sites is 1. The maximum atomic E-state index is 12.2. The van der Waals surface area contributed by atoms with Crippen LogP contribution < -0.4 is 10.1 Å². The first-order valence-corrected chi connectivity index (χ1v) is 7.65. The molecule has 0 bridgehead atoms. The Balaban J connectivity index is 1.82. The van der Waals surface area contributed by atoms with Crippen LogP contribution in [0.4, 0.5) is 5.69 Å². The van der Waals surface area contributed by atoms with Crippen molar-refractivity contribution in [3.63, 3.8) is 0 Å². The molecule has 1 aromatic heterocycles. The predicted octanol–water partition coefficient (Wildman–Crippen LogP) is 4.20. The van der Waals surface area contributed by atoms with E-state index in [0.717, 1.165) is 22.0 Å². The molecule has 0 fully saturated rings. The van der Waals surface area contributed by atoms with Gasteiger partial charge in [0.05, 0.1) is 18.3 Å². The number of aryl methyl sites for hydroxylation is 1. The zero-order valence-electron chi connectivity index (χ0n) is 13.6. The summed E-state index contributed by atoms with van der Waals surface area (Å²) < 4.78 is 5.27. The summed E-state index contributed by atoms with van der Waals surface area (Å²) in [6, 6.07) is 15.4. The van der Waals surface area contributed by atoms with Gasteiger partial charge in [0.2, 0.25) is 5.91 Å². The Bertz CT molecular complexity index is 911. The van der Waals surface area contributed by atoms with E-state index in [-0.39, 0.29) is 5.91 Å². The number of nitrogens with zero attached hydrogens (tertiary/aromatic N) is 1. The molecule has 4 nitrogen and oxygen atoms in total. The molecular weight excluding hydrogens is 300 g/mol. The highest BCUT2D eigenvalue weighted by atomic mass is 16.5. The van der Waals surface area contributed by atoms with Crippen molar-refractivity contribution in [1.29, 1.82) is 0 Å². The Morgan fingerprint density at radius 2 is 2.00 bits per heavy atom. The molecule has 4 heteroatoms. The molecule has 0 radical (unpaired) electrons. The Morgan fingerprint density at radius 1 is 1.17 bits per heavy atom. The number of methoxy groups -OCH3 is 1. The third kappa shape index (κ3) is 3.43. The second-order valence-electron chi connectivity index (χ2n) is 5.45. The third-order valence-electron chi connectivity index (χ3n) is 3.69. The number of hydrogen-bond acceptors (Lipinski definition) is 3. The molecule has 0 spiro atoms. The number of rotatable bonds is 4. The number of benzene rings is 2. The van der Waals surface area contributed by atoms with Crippen LogP contribution in [0.15, 0.2) is 60.8 Å². The van der Waals surface area contributed by atoms with Crippen LogP contribution in [0.2, 0.25) is 0 Å². The van der Waals surface area contributed by atoms with Crippen LogP contribution in [0.5, 0.6) is 5.75 Å². The first-order chi connectivity index (χ1) is 11.7. The summed E-state index contributed by atoms with van der Waals surface area (Å²) in [5, 5.41) is 3.89. The average Bonchev–Trinajstić information content (AvgIpc) is 2.60. The topological polar surface area (TPSA) is 51.2 Å². The highest BCUT2D eigenvalue weighted by molar-refractivity contribution is 6.04. The fourth-order valence-corrected chi connectivity index (χ4v) is 2.52. The van der Waals surface area contributed by atoms with Gasteiger partial charge in [-0.1, -0.05) is 30.3 Å². The van der Waals surface area contributed by atoms with E-state index in [2.05, 4.69) is 10.3 Å². The number of nitrogens with one attached hydrogen (secondary N) is 1. The Morgan fingerprint density at radius 3 is 2.83 bits per heavy atom. The van der Waals surface area contributed by atoms with Crippen molar-refractivity contribution in [2.45, 2.75) is 6.92 Å². The molecule has 1 heterocycles. The largest absolute Gasteiger partial charge is 0.495 e. The molecule has 0 unspecified atom stereocenters. The van der Waals surface area contributed by atoms with Gasteiger partial charge in [-0.3, -0.25) is 9.78 Å². The molecule has 2 aromatic carbocycles. The van der Waals surface area contributed by atoms with E-state index < -0.39 is 0 Å². The van der Waals surface area contributed by atoms with Gasteiger partial charge in [0.15, 0.2) is 0 Å². The Labute approximate surface area is 140 Å². The van der Waals surface area contributed by atoms with Gasteiger partial charge in [0.1, 0.15) is 5.75 Å². The summed E-state index contributed by atoms with van der Waals surface area (Å²) in [6.45, 7) is 1.96. The molecule has 1 N–H and O–H groups in total. The van der Waals surface area contributed by atoms with Gasteiger partial charge in [-0.05, 0) is 36.8 Å². The molecule has 3 aromatic rings. The number of carbonyl (C=O) groups is 1. The van der Waals surface area contributed by atoms with E-state index in [1.165, 1.54) is 6.08 Å². The van der Waals surface area contributed by atoms with Gasteiger partial charge in [-0.25, -0.2) is 0 Å². The van der Waals surface area contributed by atoms with Gasteiger partial charge in [0.25, 0.3) is 0 Å². The lowest BCUT2D eigenvalue weighted by Crippen LogP contribution is -2.09. The van der Waals surface area contributed by atoms with Crippen molar-refractivity contribution >= 4 is 28.6 Å². The van der Waals surface area contributed by atoms with Gasteiger partial charge in [-0.2, -0.15) is 0 Å². The number of carbonyl (C=O) groups excluding carboxylic acids is 1. The summed E-state index contributed by atoms with van der Waals surface area (Å²) in [6.07, 6.45) is 5.02. The SMILES string of the molecule is COc1ccc(C)cc1NC(=O)/C=C/c1cccc2cccnc12. The lowest BCUT2D eigenvalue weighted by Gasteiger charge is -2.09. The summed E-state index contributed by atoms with van der Waals surface area (Å²) in [7, 11) is 1.58. The van der Waals surface area contributed by atoms with Crippen molar-refractivity contribution in [2.24, 2.45) is 0 Å². The summed E-state index contributed by atoms with van der Waals surface area (Å²) in [5.41, 5.74) is 3.48. The standard InChI is InChI=1S/C20H18N2O2/c1-14-8-10-18(24-2)17(13-14)22-19(23)11-9-16-6-3-5-15-7-4-12-21-20(15)16/h3-13H,1-2H3,(H,22,23)/b11-9+. The van der Waals surface area contributed by atoms with Crippen LogP contribution in [-0.4, -0.2) is 18.0 Å². The number of fused-ring (bicyclic) bond motifs is 1. The van der Waals surface area contributed by atoms with Crippen LogP contribution in [0.3, 0.4) is 0 Å². The van der Waals surface area contributed by atoms with Gasteiger partial charge < -0.3 is 10.1 Å². The van der Waals surface area contributed by atoms with Crippen molar-refractivity contribution in [3.05, 3.63) is 71.9 Å². The normalized spacial score (nSPS) is 10.9. The van der Waals surface area contributed by atoms with Gasteiger partial charge >= 0.3 is 0 Å². The van der Waals surface area contributed by atoms with Crippen LogP contribution >= 0.6 is 0 Å². The van der Waals surface area contributed by atoms with Crippen LogP contribution in [-0.2, 0) is 4.79 Å². The minimum Gasteiger partial charge on any atom is -0.495 e. The molecule has 0 aliphatic heterocycles. The number of aromatic nitrogens is 1. The van der Waals surface area contributed by atoms with E-state index >= 15 is 0 Å². The monoisotopic (exact) mass is 318 g/mol. The molecule has 0 saturated heterocycles. The van der Waals surface area contributed by atoms with Crippen molar-refractivity contribution < 1.29 is 9.53 Å². The molecule has 0 saturated carbocycles. The van der Waals surface area contributed by atoms with Gasteiger partial charge in [0, 0.05) is 23.2 Å². The van der Waals surface area contributed by atoms with Crippen molar-refractivity contribution in [2.75, 3.05) is 12.4 Å². The molecule has 120 valence electrons. The summed E-state index contributed by atoms with van der Waals surface area (Å²) in [4.78, 5) is 16.6. The van der Waals surface area contributed by atoms with Gasteiger partial charge in [-0.15, -0.1) is 0 Å². The molecule has 0 aliphatic carbocycles. The van der Waals surface area contributed by atoms with Crippen LogP contribution in [0.25, 0.3) is 17.0 Å². The second kappa shape index (κ2) is 6.96. The molecule has 0 atom stereocenters. The summed E-state index contributed by atoms with van der Waals surface area (Å²) >= 11 is 0. The molecule has 3 rings (SSSR count). The maximum Gasteiger partial charge on any atom is 0.248 e. The highest BCUT2D eigenvalue weighted by Gasteiger charge is 2.06. The minimum atomic E-state index is -0.216. The number of pyridine rings is 1. The molecule has 24 heavy (non-hydrogen) atoms. The lowest BCUT2D eigenvalue weighted by atomic mass is 10.1. The Hall–Kier alpha value is -3.14. The smallest absolute Gasteiger partial charge is 0.248 e. The van der Waals surface area contributed by atoms with Crippen molar-refractivity contribution in [3.8, 4) is 5.75 Å². The van der Waals surface area contributed by atoms with Crippen LogP contribution in [0, 0.1) is 6.92 Å². The first-order valence-electron chi connectivity index (χ1n) is 7.65. The van der Waals surface area contributed by atoms with Crippen molar-refractivity contribution in [1.82, 2.24) is 4.98 Å². The number of hydrogen-bond donors (Lipinski definition) is 1. The molecule has 1 amide bonds. The first kappa shape index (κ1) is 15.7. The number of anilines is 1. The fraction of sp³-hybridized carbons (Fsp3) is 0.100. The minimum absolute atomic E-state index is 0.216. The average molecular weight is 318 g/mol. The van der Waals surface area contributed by atoms with E-state index in [4.69, 9.17) is 4.74 Å². The lowest BCUT2D eigenvalue weighted by molar-refractivity contribution is -0.111. The second-order valence-corrected chi connectivity index (χ2v) is 5.45. The number of ether oxygens (including phenoxy) is 1. The molecular formula is C20H18N2O2. The molecule has 0 aliphatic rings. The zero-order chi connectivity index (χ0) is 16.9. The van der Waals surface area contributed by atoms with E-state index in [0.29, 0.717) is 11.4 Å².